The van der Waals surface area contributed by atoms with Gasteiger partial charge in [-0.05, 0) is 25.0 Å². The third-order valence-electron chi connectivity index (χ3n) is 6.75. The molecule has 2 aliphatic heterocycles. The lowest BCUT2D eigenvalue weighted by Crippen LogP contribution is -2.59. The largest absolute Gasteiger partial charge is 0.490 e. The number of nitrogens with one attached hydrogen (secondary N) is 2. The molecule has 0 radical (unpaired) electrons. The topological polar surface area (TPSA) is 106 Å². The Bertz CT molecular complexity index is 911. The lowest BCUT2D eigenvalue weighted by atomic mass is 9.79. The first-order chi connectivity index (χ1) is 16.0. The Kier molecular flexibility index (Phi) is 8.11. The van der Waals surface area contributed by atoms with Gasteiger partial charge in [0.1, 0.15) is 0 Å². The summed E-state index contributed by atoms with van der Waals surface area (Å²) in [4.78, 5) is 15.1. The molecule has 0 unspecified atom stereocenters. The van der Waals surface area contributed by atoms with Crippen LogP contribution in [0.4, 0.5) is 0 Å². The SMILES string of the molecule is O=C(CCNS(=O)(=O)c1ccc2c(c1)OCCCO2)NCC1(N2CCOCC2)CCCCC1. The van der Waals surface area contributed by atoms with Crippen LogP contribution in [-0.2, 0) is 19.6 Å². The number of hydrogen-bond acceptors (Lipinski definition) is 7. The quantitative estimate of drug-likeness (QED) is 0.582. The Morgan fingerprint density at radius 3 is 2.45 bits per heavy atom. The summed E-state index contributed by atoms with van der Waals surface area (Å²) < 4.78 is 44.6. The van der Waals surface area contributed by atoms with Crippen LogP contribution in [0.3, 0.4) is 0 Å². The maximum atomic E-state index is 12.7. The van der Waals surface area contributed by atoms with Crippen molar-refractivity contribution in [3.63, 3.8) is 0 Å². The van der Waals surface area contributed by atoms with Gasteiger partial charge in [-0.2, -0.15) is 0 Å². The minimum atomic E-state index is -3.75. The van der Waals surface area contributed by atoms with Crippen molar-refractivity contribution >= 4 is 15.9 Å². The number of carbonyl (C=O) groups excluding carboxylic acids is 1. The summed E-state index contributed by atoms with van der Waals surface area (Å²) in [6.45, 7) is 4.91. The number of hydrogen-bond donors (Lipinski definition) is 2. The average Bonchev–Trinajstić information content (AvgIpc) is 3.09. The molecule has 1 saturated carbocycles. The summed E-state index contributed by atoms with van der Waals surface area (Å²) in [6.07, 6.45) is 6.56. The number of ether oxygens (including phenoxy) is 3. The number of amides is 1. The molecule has 2 fully saturated rings. The van der Waals surface area contributed by atoms with E-state index in [1.54, 1.807) is 6.07 Å². The summed E-state index contributed by atoms with van der Waals surface area (Å²) in [5.74, 6) is 0.825. The average molecular weight is 482 g/mol. The van der Waals surface area contributed by atoms with Crippen molar-refractivity contribution < 1.29 is 27.4 Å². The molecule has 0 atom stereocenters. The number of nitrogens with zero attached hydrogens (tertiary/aromatic N) is 1. The van der Waals surface area contributed by atoms with E-state index in [0.29, 0.717) is 31.3 Å². The molecule has 1 aromatic carbocycles. The number of carbonyl (C=O) groups is 1. The minimum Gasteiger partial charge on any atom is -0.490 e. The zero-order valence-corrected chi connectivity index (χ0v) is 20.0. The third kappa shape index (κ3) is 6.17. The van der Waals surface area contributed by atoms with E-state index in [1.165, 1.54) is 31.4 Å². The predicted octanol–water partition coefficient (Wildman–Crippen LogP) is 1.67. The maximum Gasteiger partial charge on any atom is 0.240 e. The summed E-state index contributed by atoms with van der Waals surface area (Å²) in [5, 5.41) is 3.07. The van der Waals surface area contributed by atoms with Gasteiger partial charge < -0.3 is 19.5 Å². The van der Waals surface area contributed by atoms with Gasteiger partial charge in [-0.3, -0.25) is 9.69 Å². The first-order valence-electron chi connectivity index (χ1n) is 12.0. The molecule has 1 saturated heterocycles. The fourth-order valence-corrected chi connectivity index (χ4v) is 5.94. The molecule has 0 aromatic heterocycles. The second-order valence-corrected chi connectivity index (χ2v) is 10.7. The molecule has 10 heteroatoms. The highest BCUT2D eigenvalue weighted by atomic mass is 32.2. The Hall–Kier alpha value is -1.88. The highest BCUT2D eigenvalue weighted by Gasteiger charge is 2.38. The number of fused-ring (bicyclic) bond motifs is 1. The van der Waals surface area contributed by atoms with Crippen LogP contribution >= 0.6 is 0 Å². The zero-order valence-electron chi connectivity index (χ0n) is 19.1. The van der Waals surface area contributed by atoms with E-state index >= 15 is 0 Å². The van der Waals surface area contributed by atoms with Crippen molar-refractivity contribution in [1.82, 2.24) is 14.9 Å². The van der Waals surface area contributed by atoms with Crippen molar-refractivity contribution in [1.29, 1.82) is 0 Å². The smallest absolute Gasteiger partial charge is 0.240 e. The third-order valence-corrected chi connectivity index (χ3v) is 8.21. The maximum absolute atomic E-state index is 12.7. The van der Waals surface area contributed by atoms with Crippen LogP contribution in [-0.4, -0.2) is 77.4 Å². The lowest BCUT2D eigenvalue weighted by Gasteiger charge is -2.48. The van der Waals surface area contributed by atoms with Gasteiger partial charge in [0.25, 0.3) is 0 Å². The van der Waals surface area contributed by atoms with Gasteiger partial charge in [0.15, 0.2) is 11.5 Å². The van der Waals surface area contributed by atoms with Crippen molar-refractivity contribution in [2.45, 2.75) is 55.4 Å². The van der Waals surface area contributed by atoms with Crippen molar-refractivity contribution in [3.8, 4) is 11.5 Å². The van der Waals surface area contributed by atoms with E-state index in [4.69, 9.17) is 14.2 Å². The first-order valence-corrected chi connectivity index (χ1v) is 13.5. The molecule has 1 aromatic rings. The van der Waals surface area contributed by atoms with Gasteiger partial charge in [-0.1, -0.05) is 19.3 Å². The normalized spacial score (nSPS) is 21.2. The molecule has 1 amide bonds. The Morgan fingerprint density at radius 2 is 1.70 bits per heavy atom. The van der Waals surface area contributed by atoms with Gasteiger partial charge >= 0.3 is 0 Å². The van der Waals surface area contributed by atoms with Crippen LogP contribution in [0.2, 0.25) is 0 Å². The Balaban J connectivity index is 1.28. The van der Waals surface area contributed by atoms with Crippen molar-refractivity contribution in [2.75, 3.05) is 52.6 Å². The molecule has 33 heavy (non-hydrogen) atoms. The molecule has 2 N–H and O–H groups in total. The summed E-state index contributed by atoms with van der Waals surface area (Å²) >= 11 is 0. The second kappa shape index (κ2) is 11.0. The summed E-state index contributed by atoms with van der Waals surface area (Å²) in [7, 11) is -3.75. The lowest BCUT2D eigenvalue weighted by molar-refractivity contribution is -0.122. The standard InChI is InChI=1S/C23H35N3O6S/c27-22(24-18-23(8-2-1-3-9-23)26-11-15-30-16-12-26)7-10-25-33(28,29)19-5-6-20-21(17-19)32-14-4-13-31-20/h5-6,17,25H,1-4,7-16,18H2,(H,24,27). The molecule has 2 heterocycles. The molecule has 0 bridgehead atoms. The van der Waals surface area contributed by atoms with Gasteiger partial charge in [0.05, 0.1) is 31.3 Å². The fourth-order valence-electron chi connectivity index (χ4n) is 4.90. The van der Waals surface area contributed by atoms with E-state index in [0.717, 1.165) is 45.6 Å². The fraction of sp³-hybridized carbons (Fsp3) is 0.696. The van der Waals surface area contributed by atoms with Gasteiger partial charge in [0, 0.05) is 50.6 Å². The van der Waals surface area contributed by atoms with Crippen LogP contribution in [0.15, 0.2) is 23.1 Å². The highest BCUT2D eigenvalue weighted by Crippen LogP contribution is 2.34. The Morgan fingerprint density at radius 1 is 0.970 bits per heavy atom. The zero-order chi connectivity index (χ0) is 23.2. The number of rotatable bonds is 8. The molecule has 4 rings (SSSR count). The van der Waals surface area contributed by atoms with Crippen molar-refractivity contribution in [2.24, 2.45) is 0 Å². The van der Waals surface area contributed by atoms with Gasteiger partial charge in [-0.25, -0.2) is 13.1 Å². The van der Waals surface area contributed by atoms with Gasteiger partial charge in [-0.15, -0.1) is 0 Å². The van der Waals surface area contributed by atoms with Crippen LogP contribution in [0.5, 0.6) is 11.5 Å². The molecule has 1 aliphatic carbocycles. The number of sulfonamides is 1. The van der Waals surface area contributed by atoms with E-state index in [9.17, 15) is 13.2 Å². The minimum absolute atomic E-state index is 0.0128. The van der Waals surface area contributed by atoms with Crippen LogP contribution in [0.25, 0.3) is 0 Å². The number of benzene rings is 1. The van der Waals surface area contributed by atoms with Gasteiger partial charge in [0.2, 0.25) is 15.9 Å². The monoisotopic (exact) mass is 481 g/mol. The second-order valence-electron chi connectivity index (χ2n) is 8.97. The molecule has 0 spiro atoms. The Labute approximate surface area is 196 Å². The van der Waals surface area contributed by atoms with Crippen LogP contribution < -0.4 is 19.5 Å². The van der Waals surface area contributed by atoms with E-state index in [-0.39, 0.29) is 29.3 Å². The molecule has 184 valence electrons. The van der Waals surface area contributed by atoms with Crippen molar-refractivity contribution in [3.05, 3.63) is 18.2 Å². The highest BCUT2D eigenvalue weighted by molar-refractivity contribution is 7.89. The molecule has 3 aliphatic rings. The molecule has 9 nitrogen and oxygen atoms in total. The summed E-state index contributed by atoms with van der Waals surface area (Å²) in [5.41, 5.74) is -0.0128. The summed E-state index contributed by atoms with van der Waals surface area (Å²) in [6, 6.07) is 4.57. The predicted molar refractivity (Wildman–Crippen MR) is 123 cm³/mol. The molecular weight excluding hydrogens is 446 g/mol. The van der Waals surface area contributed by atoms with Crippen LogP contribution in [0, 0.1) is 0 Å². The molecular formula is C23H35N3O6S. The van der Waals surface area contributed by atoms with E-state index in [2.05, 4.69) is 14.9 Å². The van der Waals surface area contributed by atoms with Crippen LogP contribution in [0.1, 0.15) is 44.9 Å². The van der Waals surface area contributed by atoms with E-state index < -0.39 is 10.0 Å². The van der Waals surface area contributed by atoms with E-state index in [1.807, 2.05) is 0 Å². The number of morpholine rings is 1. The first kappa shape index (κ1) is 24.3.